The van der Waals surface area contributed by atoms with Gasteiger partial charge < -0.3 is 4.74 Å². The number of esters is 1. The van der Waals surface area contributed by atoms with Gasteiger partial charge in [0.1, 0.15) is 5.78 Å². The van der Waals surface area contributed by atoms with Crippen LogP contribution in [0.25, 0.3) is 0 Å². The third-order valence-corrected chi connectivity index (χ3v) is 3.20. The van der Waals surface area contributed by atoms with Crippen molar-refractivity contribution >= 4 is 11.8 Å². The second-order valence-electron chi connectivity index (χ2n) is 4.18. The van der Waals surface area contributed by atoms with Crippen molar-refractivity contribution in [2.24, 2.45) is 17.8 Å². The van der Waals surface area contributed by atoms with Crippen LogP contribution in [0.5, 0.6) is 0 Å². The number of hydrogen-bond donors (Lipinski definition) is 0. The Labute approximate surface area is 77.4 Å². The molecule has 2 rings (SSSR count). The van der Waals surface area contributed by atoms with Crippen molar-refractivity contribution in [3.63, 3.8) is 0 Å². The topological polar surface area (TPSA) is 43.4 Å². The van der Waals surface area contributed by atoms with Crippen molar-refractivity contribution in [1.29, 1.82) is 0 Å². The largest absolute Gasteiger partial charge is 0.466 e. The molecule has 0 aliphatic heterocycles. The minimum absolute atomic E-state index is 0.198. The number of ketones is 1. The van der Waals surface area contributed by atoms with E-state index < -0.39 is 0 Å². The lowest BCUT2D eigenvalue weighted by molar-refractivity contribution is -0.144. The highest BCUT2D eigenvalue weighted by Gasteiger charge is 2.45. The van der Waals surface area contributed by atoms with Gasteiger partial charge in [-0.05, 0) is 18.8 Å². The molecule has 72 valence electrons. The summed E-state index contributed by atoms with van der Waals surface area (Å²) >= 11 is 0. The lowest BCUT2D eigenvalue weighted by Crippen LogP contribution is -2.24. The molecule has 0 saturated heterocycles. The molecule has 3 nitrogen and oxygen atoms in total. The maximum atomic E-state index is 11.4. The SMILES string of the molecule is CC(=O)OC[C@@H]1C[C@@H]2CC(=O)[C@H]1C2. The Bertz CT molecular complexity index is 247. The minimum atomic E-state index is -0.241. The Morgan fingerprint density at radius 1 is 1.54 bits per heavy atom. The zero-order chi connectivity index (χ0) is 9.42. The van der Waals surface area contributed by atoms with Crippen LogP contribution in [0.4, 0.5) is 0 Å². The molecule has 2 aliphatic carbocycles. The molecule has 2 fully saturated rings. The molecule has 13 heavy (non-hydrogen) atoms. The minimum Gasteiger partial charge on any atom is -0.466 e. The Morgan fingerprint density at radius 3 is 2.85 bits per heavy atom. The Morgan fingerprint density at radius 2 is 2.31 bits per heavy atom. The molecule has 0 heterocycles. The first-order chi connectivity index (χ1) is 6.16. The van der Waals surface area contributed by atoms with Crippen LogP contribution in [0.15, 0.2) is 0 Å². The van der Waals surface area contributed by atoms with Gasteiger partial charge in [0, 0.05) is 25.2 Å². The zero-order valence-corrected chi connectivity index (χ0v) is 7.79. The third-order valence-electron chi connectivity index (χ3n) is 3.20. The summed E-state index contributed by atoms with van der Waals surface area (Å²) in [4.78, 5) is 21.9. The van der Waals surface area contributed by atoms with E-state index in [-0.39, 0.29) is 11.9 Å². The maximum Gasteiger partial charge on any atom is 0.302 e. The van der Waals surface area contributed by atoms with Crippen molar-refractivity contribution in [3.05, 3.63) is 0 Å². The van der Waals surface area contributed by atoms with Crippen LogP contribution in [0.1, 0.15) is 26.2 Å². The van der Waals surface area contributed by atoms with Gasteiger partial charge >= 0.3 is 5.97 Å². The molecule has 0 aromatic heterocycles. The summed E-state index contributed by atoms with van der Waals surface area (Å²) in [5, 5.41) is 0. The highest BCUT2D eigenvalue weighted by Crippen LogP contribution is 2.46. The van der Waals surface area contributed by atoms with Crippen LogP contribution in [-0.2, 0) is 14.3 Å². The maximum absolute atomic E-state index is 11.4. The van der Waals surface area contributed by atoms with E-state index in [9.17, 15) is 9.59 Å². The molecular weight excluding hydrogens is 168 g/mol. The van der Waals surface area contributed by atoms with E-state index in [1.807, 2.05) is 0 Å². The molecule has 3 heteroatoms. The van der Waals surface area contributed by atoms with E-state index in [1.165, 1.54) is 6.92 Å². The van der Waals surface area contributed by atoms with Gasteiger partial charge in [0.2, 0.25) is 0 Å². The van der Waals surface area contributed by atoms with Crippen molar-refractivity contribution in [2.45, 2.75) is 26.2 Å². The van der Waals surface area contributed by atoms with Crippen LogP contribution in [0.3, 0.4) is 0 Å². The lowest BCUT2D eigenvalue weighted by Gasteiger charge is -2.19. The Hall–Kier alpha value is -0.860. The quantitative estimate of drug-likeness (QED) is 0.602. The van der Waals surface area contributed by atoms with Crippen molar-refractivity contribution in [3.8, 4) is 0 Å². The summed E-state index contributed by atoms with van der Waals surface area (Å²) in [6.07, 6.45) is 2.87. The lowest BCUT2D eigenvalue weighted by atomic mass is 9.88. The van der Waals surface area contributed by atoms with E-state index in [0.717, 1.165) is 19.3 Å². The van der Waals surface area contributed by atoms with Gasteiger partial charge in [0.05, 0.1) is 6.61 Å². The fraction of sp³-hybridized carbons (Fsp3) is 0.800. The fourth-order valence-corrected chi connectivity index (χ4v) is 2.65. The Balaban J connectivity index is 1.89. The van der Waals surface area contributed by atoms with E-state index in [0.29, 0.717) is 24.2 Å². The molecule has 3 atom stereocenters. The molecule has 0 N–H and O–H groups in total. The molecule has 2 aliphatic rings. The third kappa shape index (κ3) is 1.60. The van der Waals surface area contributed by atoms with Crippen molar-refractivity contribution in [2.75, 3.05) is 6.61 Å². The monoisotopic (exact) mass is 182 g/mol. The van der Waals surface area contributed by atoms with Gasteiger partial charge in [0.15, 0.2) is 0 Å². The van der Waals surface area contributed by atoms with Crippen molar-refractivity contribution < 1.29 is 14.3 Å². The molecule has 0 radical (unpaired) electrons. The first-order valence-corrected chi connectivity index (χ1v) is 4.83. The standard InChI is InChI=1S/C10H14O3/c1-6(11)13-5-8-2-7-3-9(8)10(12)4-7/h7-9H,2-5H2,1H3/t7-,8-,9-/m0/s1. The van der Waals surface area contributed by atoms with Gasteiger partial charge in [-0.2, -0.15) is 0 Å². The molecule has 0 aromatic carbocycles. The van der Waals surface area contributed by atoms with Crippen LogP contribution in [0.2, 0.25) is 0 Å². The van der Waals surface area contributed by atoms with Gasteiger partial charge in [-0.15, -0.1) is 0 Å². The predicted molar refractivity (Wildman–Crippen MR) is 46.0 cm³/mol. The summed E-state index contributed by atoms with van der Waals surface area (Å²) in [5.41, 5.74) is 0. The summed E-state index contributed by atoms with van der Waals surface area (Å²) < 4.78 is 4.94. The summed E-state index contributed by atoms with van der Waals surface area (Å²) in [5.74, 6) is 1.24. The average molecular weight is 182 g/mol. The van der Waals surface area contributed by atoms with Crippen LogP contribution in [0, 0.1) is 17.8 Å². The fourth-order valence-electron chi connectivity index (χ4n) is 2.65. The number of fused-ring (bicyclic) bond motifs is 2. The first kappa shape index (κ1) is 8.73. The van der Waals surface area contributed by atoms with E-state index in [2.05, 4.69) is 0 Å². The van der Waals surface area contributed by atoms with Gasteiger partial charge in [-0.1, -0.05) is 0 Å². The number of Topliss-reactive ketones (excluding diaryl/α,β-unsaturated/α-hetero) is 1. The molecule has 2 saturated carbocycles. The normalized spacial score (nSPS) is 36.7. The highest BCUT2D eigenvalue weighted by atomic mass is 16.5. The van der Waals surface area contributed by atoms with E-state index >= 15 is 0 Å². The number of carbonyl (C=O) groups is 2. The molecule has 0 aromatic rings. The summed E-state index contributed by atoms with van der Waals surface area (Å²) in [6, 6.07) is 0. The second-order valence-corrected chi connectivity index (χ2v) is 4.18. The van der Waals surface area contributed by atoms with Crippen LogP contribution >= 0.6 is 0 Å². The molecule has 0 unspecified atom stereocenters. The smallest absolute Gasteiger partial charge is 0.302 e. The highest BCUT2D eigenvalue weighted by molar-refractivity contribution is 5.84. The number of hydrogen-bond acceptors (Lipinski definition) is 3. The number of carbonyl (C=O) groups excluding carboxylic acids is 2. The number of rotatable bonds is 2. The van der Waals surface area contributed by atoms with Crippen LogP contribution < -0.4 is 0 Å². The van der Waals surface area contributed by atoms with Crippen LogP contribution in [-0.4, -0.2) is 18.4 Å². The predicted octanol–water partition coefficient (Wildman–Crippen LogP) is 1.16. The molecule has 0 amide bonds. The Kier molecular flexibility index (Phi) is 2.10. The van der Waals surface area contributed by atoms with E-state index in [4.69, 9.17) is 4.74 Å². The second kappa shape index (κ2) is 3.13. The molecule has 2 bridgehead atoms. The van der Waals surface area contributed by atoms with Gasteiger partial charge in [0.25, 0.3) is 0 Å². The first-order valence-electron chi connectivity index (χ1n) is 4.83. The summed E-state index contributed by atoms with van der Waals surface area (Å²) in [7, 11) is 0. The zero-order valence-electron chi connectivity index (χ0n) is 7.79. The van der Waals surface area contributed by atoms with Crippen molar-refractivity contribution in [1.82, 2.24) is 0 Å². The molecule has 0 spiro atoms. The summed E-state index contributed by atoms with van der Waals surface area (Å²) in [6.45, 7) is 1.86. The number of ether oxygens (including phenoxy) is 1. The molecular formula is C10H14O3. The van der Waals surface area contributed by atoms with Gasteiger partial charge in [-0.3, -0.25) is 9.59 Å². The average Bonchev–Trinajstić information content (AvgIpc) is 2.58. The van der Waals surface area contributed by atoms with Gasteiger partial charge in [-0.25, -0.2) is 0 Å². The van der Waals surface area contributed by atoms with E-state index in [1.54, 1.807) is 0 Å².